The second-order valence-electron chi connectivity index (χ2n) is 9.71. The third kappa shape index (κ3) is 6.57. The number of morpholine rings is 1. The molecule has 1 amide bonds. The highest BCUT2D eigenvalue weighted by atomic mass is 32.2. The first-order valence-corrected chi connectivity index (χ1v) is 14.3. The number of carbonyl (C=O) groups is 2. The summed E-state index contributed by atoms with van der Waals surface area (Å²) in [5.74, 6) is 0.207. The van der Waals surface area contributed by atoms with Crippen LogP contribution < -0.4 is 10.1 Å². The lowest BCUT2D eigenvalue weighted by Crippen LogP contribution is -2.42. The van der Waals surface area contributed by atoms with E-state index >= 15 is 0 Å². The molecule has 0 aliphatic carbocycles. The Labute approximate surface area is 238 Å². The molecule has 9 nitrogen and oxygen atoms in total. The molecule has 0 radical (unpaired) electrons. The summed E-state index contributed by atoms with van der Waals surface area (Å²) in [5.41, 5.74) is 3.61. The third-order valence-electron chi connectivity index (χ3n) is 7.06. The minimum Gasteiger partial charge on any atom is -0.497 e. The number of allylic oxidation sites excluding steroid dienone is 1. The highest BCUT2D eigenvalue weighted by molar-refractivity contribution is 8.16. The topological polar surface area (TPSA) is 92.7 Å². The predicted molar refractivity (Wildman–Crippen MR) is 155 cm³/mol. The minimum absolute atomic E-state index is 0.0747. The Morgan fingerprint density at radius 1 is 1.10 bits per heavy atom. The fraction of sp³-hybridized carbons (Fsp3) is 0.367. The molecule has 3 aliphatic rings. The number of nitrogens with zero attached hydrogens (tertiary/aromatic N) is 3. The summed E-state index contributed by atoms with van der Waals surface area (Å²) in [7, 11) is 1.62. The van der Waals surface area contributed by atoms with Crippen molar-refractivity contribution in [2.45, 2.75) is 26.0 Å². The molecular formula is C30H34N4O5S. The Kier molecular flexibility index (Phi) is 9.20. The Morgan fingerprint density at radius 2 is 1.85 bits per heavy atom. The van der Waals surface area contributed by atoms with Crippen molar-refractivity contribution in [2.75, 3.05) is 46.5 Å². The van der Waals surface area contributed by atoms with Crippen LogP contribution in [0.25, 0.3) is 0 Å². The second kappa shape index (κ2) is 13.2. The van der Waals surface area contributed by atoms with Gasteiger partial charge in [-0.15, -0.1) is 0 Å². The van der Waals surface area contributed by atoms with Crippen molar-refractivity contribution >= 4 is 28.8 Å². The fourth-order valence-electron chi connectivity index (χ4n) is 4.94. The molecule has 0 bridgehead atoms. The summed E-state index contributed by atoms with van der Waals surface area (Å²) >= 11 is 1.46. The number of amidine groups is 1. The van der Waals surface area contributed by atoms with Crippen molar-refractivity contribution < 1.29 is 23.8 Å². The standard InChI is InChI=1S/C30H34N4O5S/c1-21-27(29(36)39-19-22-6-4-3-5-7-22)28(23-8-10-25(37-2)11-9-23)34-24(20-40-30(34)32-21)18-26(35)31-12-13-33-14-16-38-17-15-33/h3-11,20,28H,12-19H2,1-2H3,(H,31,35). The lowest BCUT2D eigenvalue weighted by atomic mass is 9.93. The molecule has 5 rings (SSSR count). The quantitative estimate of drug-likeness (QED) is 0.437. The molecule has 1 atom stereocenters. The van der Waals surface area contributed by atoms with E-state index in [1.54, 1.807) is 7.11 Å². The predicted octanol–water partition coefficient (Wildman–Crippen LogP) is 3.85. The molecule has 0 saturated carbocycles. The molecule has 1 unspecified atom stereocenters. The highest BCUT2D eigenvalue weighted by Gasteiger charge is 2.41. The van der Waals surface area contributed by atoms with E-state index in [0.29, 0.717) is 23.6 Å². The molecule has 2 aromatic carbocycles. The van der Waals surface area contributed by atoms with E-state index in [4.69, 9.17) is 19.2 Å². The van der Waals surface area contributed by atoms with Crippen molar-refractivity contribution in [1.82, 2.24) is 15.1 Å². The van der Waals surface area contributed by atoms with Crippen LogP contribution in [0.3, 0.4) is 0 Å². The van der Waals surface area contributed by atoms with Gasteiger partial charge in [0.2, 0.25) is 5.91 Å². The number of esters is 1. The Hall–Kier alpha value is -3.60. The van der Waals surface area contributed by atoms with Gasteiger partial charge in [0.05, 0.1) is 44.1 Å². The number of ether oxygens (including phenoxy) is 3. The smallest absolute Gasteiger partial charge is 0.338 e. The Bertz CT molecular complexity index is 1300. The number of hydrogen-bond acceptors (Lipinski definition) is 9. The van der Waals surface area contributed by atoms with Crippen molar-refractivity contribution in [2.24, 2.45) is 4.99 Å². The molecular weight excluding hydrogens is 528 g/mol. The lowest BCUT2D eigenvalue weighted by molar-refractivity contribution is -0.141. The summed E-state index contributed by atoms with van der Waals surface area (Å²) in [6, 6.07) is 16.7. The zero-order valence-electron chi connectivity index (χ0n) is 22.8. The van der Waals surface area contributed by atoms with Crippen LogP contribution in [0.2, 0.25) is 0 Å². The number of fused-ring (bicyclic) bond motifs is 1. The molecule has 10 heteroatoms. The average molecular weight is 563 g/mol. The molecule has 1 saturated heterocycles. The number of amides is 1. The number of methoxy groups -OCH3 is 1. The van der Waals surface area contributed by atoms with Gasteiger partial charge in [-0.1, -0.05) is 54.2 Å². The van der Waals surface area contributed by atoms with Crippen LogP contribution in [0, 0.1) is 0 Å². The molecule has 3 aliphatic heterocycles. The maximum Gasteiger partial charge on any atom is 0.338 e. The van der Waals surface area contributed by atoms with Gasteiger partial charge in [0.1, 0.15) is 12.4 Å². The largest absolute Gasteiger partial charge is 0.497 e. The van der Waals surface area contributed by atoms with E-state index in [-0.39, 0.29) is 18.9 Å². The zero-order valence-corrected chi connectivity index (χ0v) is 23.6. The first-order valence-electron chi connectivity index (χ1n) is 13.4. The number of hydrogen-bond donors (Lipinski definition) is 1. The Balaban J connectivity index is 1.34. The van der Waals surface area contributed by atoms with Crippen molar-refractivity contribution in [3.63, 3.8) is 0 Å². The van der Waals surface area contributed by atoms with E-state index in [1.165, 1.54) is 11.8 Å². The summed E-state index contributed by atoms with van der Waals surface area (Å²) in [4.78, 5) is 35.6. The van der Waals surface area contributed by atoms with Crippen LogP contribution in [0.5, 0.6) is 5.75 Å². The molecule has 0 spiro atoms. The molecule has 2 aromatic rings. The average Bonchev–Trinajstić information content (AvgIpc) is 3.37. The maximum atomic E-state index is 13.6. The number of nitrogens with one attached hydrogen (secondary N) is 1. The van der Waals surface area contributed by atoms with Gasteiger partial charge in [0.25, 0.3) is 0 Å². The van der Waals surface area contributed by atoms with Gasteiger partial charge in [-0.05, 0) is 35.6 Å². The zero-order chi connectivity index (χ0) is 27.9. The molecule has 1 N–H and O–H groups in total. The molecule has 3 heterocycles. The highest BCUT2D eigenvalue weighted by Crippen LogP contribution is 2.45. The normalized spacial score (nSPS) is 19.1. The minimum atomic E-state index is -0.496. The van der Waals surface area contributed by atoms with Crippen LogP contribution in [-0.4, -0.2) is 73.3 Å². The SMILES string of the molecule is COc1ccc(C2C(C(=O)OCc3ccccc3)=C(C)N=C3SC=C(CC(=O)NCCN4CCOCC4)N32)cc1. The van der Waals surface area contributed by atoms with Crippen molar-refractivity contribution in [3.8, 4) is 5.75 Å². The van der Waals surface area contributed by atoms with Gasteiger partial charge in [0, 0.05) is 31.9 Å². The number of carbonyl (C=O) groups excluding carboxylic acids is 2. The second-order valence-corrected chi connectivity index (χ2v) is 10.5. The Morgan fingerprint density at radius 3 is 2.58 bits per heavy atom. The molecule has 1 fully saturated rings. The van der Waals surface area contributed by atoms with Gasteiger partial charge in [-0.2, -0.15) is 0 Å². The van der Waals surface area contributed by atoms with E-state index in [0.717, 1.165) is 54.8 Å². The summed E-state index contributed by atoms with van der Waals surface area (Å²) in [6.07, 6.45) is 0.174. The lowest BCUT2D eigenvalue weighted by Gasteiger charge is -2.36. The van der Waals surface area contributed by atoms with Crippen molar-refractivity contribution in [1.29, 1.82) is 0 Å². The van der Waals surface area contributed by atoms with Gasteiger partial charge in [-0.25, -0.2) is 9.79 Å². The van der Waals surface area contributed by atoms with Gasteiger partial charge < -0.3 is 24.4 Å². The first-order chi connectivity index (χ1) is 19.5. The van der Waals surface area contributed by atoms with Crippen LogP contribution in [0.1, 0.15) is 30.5 Å². The monoisotopic (exact) mass is 562 g/mol. The molecule has 0 aromatic heterocycles. The van der Waals surface area contributed by atoms with E-state index < -0.39 is 12.0 Å². The number of rotatable bonds is 10. The molecule has 40 heavy (non-hydrogen) atoms. The maximum absolute atomic E-state index is 13.6. The van der Waals surface area contributed by atoms with Crippen LogP contribution in [0.4, 0.5) is 0 Å². The molecule has 210 valence electrons. The number of aliphatic imine (C=N–C) groups is 1. The number of thioether (sulfide) groups is 1. The summed E-state index contributed by atoms with van der Waals surface area (Å²) < 4.78 is 16.5. The van der Waals surface area contributed by atoms with E-state index in [1.807, 2.05) is 71.8 Å². The van der Waals surface area contributed by atoms with Crippen molar-refractivity contribution in [3.05, 3.63) is 88.1 Å². The first kappa shape index (κ1) is 27.9. The summed E-state index contributed by atoms with van der Waals surface area (Å²) in [6.45, 7) is 6.55. The van der Waals surface area contributed by atoms with E-state index in [2.05, 4.69) is 10.2 Å². The van der Waals surface area contributed by atoms with Gasteiger partial charge in [0.15, 0.2) is 5.17 Å². The van der Waals surface area contributed by atoms with E-state index in [9.17, 15) is 9.59 Å². The summed E-state index contributed by atoms with van der Waals surface area (Å²) in [5, 5.41) is 5.72. The van der Waals surface area contributed by atoms with Gasteiger partial charge in [-0.3, -0.25) is 9.69 Å². The fourth-order valence-corrected chi connectivity index (χ4v) is 5.90. The third-order valence-corrected chi connectivity index (χ3v) is 7.95. The number of benzene rings is 2. The van der Waals surface area contributed by atoms with Gasteiger partial charge >= 0.3 is 5.97 Å². The van der Waals surface area contributed by atoms with Crippen LogP contribution in [-0.2, 0) is 25.7 Å². The van der Waals surface area contributed by atoms with Crippen LogP contribution in [0.15, 0.2) is 82.0 Å². The van der Waals surface area contributed by atoms with Crippen LogP contribution >= 0.6 is 11.8 Å².